The van der Waals surface area contributed by atoms with Crippen LogP contribution in [0.1, 0.15) is 39.5 Å². The molecule has 242 valence electrons. The molecule has 1 aliphatic rings. The first kappa shape index (κ1) is 32.7. The van der Waals surface area contributed by atoms with Crippen LogP contribution in [0.15, 0.2) is 97.3 Å². The highest BCUT2D eigenvalue weighted by atomic mass is 16.5. The number of nitrogens with zero attached hydrogens (tertiary/aromatic N) is 3. The monoisotopic (exact) mass is 635 g/mol. The van der Waals surface area contributed by atoms with Crippen LogP contribution < -0.4 is 20.3 Å². The number of hydrogen-bond acceptors (Lipinski definition) is 7. The molecule has 0 saturated carbocycles. The minimum absolute atomic E-state index is 0.0559. The van der Waals surface area contributed by atoms with Gasteiger partial charge in [-0.1, -0.05) is 48.5 Å². The third kappa shape index (κ3) is 8.94. The fourth-order valence-corrected chi connectivity index (χ4v) is 5.51. The van der Waals surface area contributed by atoms with Crippen molar-refractivity contribution in [1.82, 2.24) is 15.2 Å². The van der Waals surface area contributed by atoms with Crippen LogP contribution in [0.25, 0.3) is 0 Å². The van der Waals surface area contributed by atoms with Gasteiger partial charge in [0.25, 0.3) is 5.91 Å². The van der Waals surface area contributed by atoms with Crippen molar-refractivity contribution in [3.05, 3.63) is 120 Å². The zero-order valence-corrected chi connectivity index (χ0v) is 26.1. The summed E-state index contributed by atoms with van der Waals surface area (Å²) in [5, 5.41) is 15.3. The highest BCUT2D eigenvalue weighted by Gasteiger charge is 2.25. The molecule has 11 nitrogen and oxygen atoms in total. The maximum Gasteiger partial charge on any atom is 0.305 e. The number of ether oxygens (including phenoxy) is 1. The van der Waals surface area contributed by atoms with E-state index in [0.717, 1.165) is 11.1 Å². The van der Waals surface area contributed by atoms with Crippen LogP contribution in [0.4, 0.5) is 11.4 Å². The van der Waals surface area contributed by atoms with Crippen LogP contribution in [0.2, 0.25) is 0 Å². The number of aliphatic carboxylic acids is 1. The van der Waals surface area contributed by atoms with Gasteiger partial charge >= 0.3 is 5.97 Å². The second-order valence-corrected chi connectivity index (χ2v) is 11.2. The van der Waals surface area contributed by atoms with Crippen LogP contribution >= 0.6 is 0 Å². The maximum absolute atomic E-state index is 13.4. The summed E-state index contributed by atoms with van der Waals surface area (Å²) in [6, 6.07) is 24.4. The molecule has 4 aromatic rings. The Kier molecular flexibility index (Phi) is 10.8. The molecule has 3 N–H and O–H groups in total. The summed E-state index contributed by atoms with van der Waals surface area (Å²) in [4.78, 5) is 59.2. The third-order valence-electron chi connectivity index (χ3n) is 8.00. The van der Waals surface area contributed by atoms with Crippen molar-refractivity contribution in [3.63, 3.8) is 0 Å². The van der Waals surface area contributed by atoms with E-state index >= 15 is 0 Å². The van der Waals surface area contributed by atoms with Crippen molar-refractivity contribution >= 4 is 35.1 Å². The number of methoxy groups -OCH3 is 1. The summed E-state index contributed by atoms with van der Waals surface area (Å²) in [5.74, 6) is -1.09. The first-order valence-corrected chi connectivity index (χ1v) is 15.3. The molecule has 3 aromatic carbocycles. The van der Waals surface area contributed by atoms with Gasteiger partial charge in [0, 0.05) is 44.1 Å². The van der Waals surface area contributed by atoms with Crippen molar-refractivity contribution < 1.29 is 29.0 Å². The second-order valence-electron chi connectivity index (χ2n) is 11.2. The highest BCUT2D eigenvalue weighted by Crippen LogP contribution is 2.30. The predicted molar refractivity (Wildman–Crippen MR) is 177 cm³/mol. The van der Waals surface area contributed by atoms with E-state index in [-0.39, 0.29) is 30.2 Å². The summed E-state index contributed by atoms with van der Waals surface area (Å²) >= 11 is 0. The molecule has 1 unspecified atom stereocenters. The van der Waals surface area contributed by atoms with Gasteiger partial charge in [0.15, 0.2) is 0 Å². The highest BCUT2D eigenvalue weighted by molar-refractivity contribution is 6.00. The van der Waals surface area contributed by atoms with Gasteiger partial charge in [0.05, 0.1) is 43.8 Å². The lowest BCUT2D eigenvalue weighted by molar-refractivity contribution is -0.137. The Balaban J connectivity index is 1.34. The van der Waals surface area contributed by atoms with Gasteiger partial charge in [-0.15, -0.1) is 0 Å². The van der Waals surface area contributed by atoms with Crippen molar-refractivity contribution in [3.8, 4) is 5.75 Å². The summed E-state index contributed by atoms with van der Waals surface area (Å²) < 4.78 is 5.21. The molecule has 0 bridgehead atoms. The minimum Gasteiger partial charge on any atom is -0.497 e. The molecule has 1 saturated heterocycles. The smallest absolute Gasteiger partial charge is 0.305 e. The number of nitrogens with one attached hydrogen (secondary N) is 2. The number of benzene rings is 3. The van der Waals surface area contributed by atoms with Crippen LogP contribution in [0.3, 0.4) is 0 Å². The molecule has 5 rings (SSSR count). The molecule has 11 heteroatoms. The maximum atomic E-state index is 13.4. The molecule has 1 aliphatic heterocycles. The van der Waals surface area contributed by atoms with E-state index in [1.54, 1.807) is 55.8 Å². The lowest BCUT2D eigenvalue weighted by Crippen LogP contribution is -2.49. The molecule has 1 atom stereocenters. The number of anilines is 2. The summed E-state index contributed by atoms with van der Waals surface area (Å²) in [7, 11) is 1.58. The Bertz CT molecular complexity index is 1690. The van der Waals surface area contributed by atoms with Crippen molar-refractivity contribution in [2.45, 2.75) is 25.3 Å². The number of carboxylic acids is 1. The largest absolute Gasteiger partial charge is 0.497 e. The molecule has 3 amide bonds. The number of pyridine rings is 1. The molecular weight excluding hydrogens is 598 g/mol. The topological polar surface area (TPSA) is 141 Å². The Morgan fingerprint density at radius 1 is 0.872 bits per heavy atom. The van der Waals surface area contributed by atoms with E-state index in [1.807, 2.05) is 47.4 Å². The molecule has 47 heavy (non-hydrogen) atoms. The number of carboxylic acid groups (broad SMARTS) is 1. The van der Waals surface area contributed by atoms with Crippen LogP contribution in [-0.2, 0) is 27.2 Å². The lowest BCUT2D eigenvalue weighted by atomic mass is 10.0. The molecular formula is C36H37N5O6. The van der Waals surface area contributed by atoms with Gasteiger partial charge in [-0.3, -0.25) is 24.2 Å². The van der Waals surface area contributed by atoms with Crippen molar-refractivity contribution in [1.29, 1.82) is 0 Å². The lowest BCUT2D eigenvalue weighted by Gasteiger charge is -2.37. The summed E-state index contributed by atoms with van der Waals surface area (Å²) in [6.45, 7) is 2.09. The average Bonchev–Trinajstić information content (AvgIpc) is 3.09. The SMILES string of the molecule is COc1ccc(CC(=O)Nc2cc(C(=O)NC(CC(=O)O)c3cccnc3)ccc2N2CCN(C(=O)Cc3ccccc3)CC2)cc1. The molecule has 0 spiro atoms. The van der Waals surface area contributed by atoms with E-state index in [0.29, 0.717) is 55.3 Å². The summed E-state index contributed by atoms with van der Waals surface area (Å²) in [6.07, 6.45) is 3.20. The first-order chi connectivity index (χ1) is 22.8. The van der Waals surface area contributed by atoms with Crippen LogP contribution in [-0.4, -0.2) is 72.0 Å². The van der Waals surface area contributed by atoms with E-state index < -0.39 is 17.9 Å². The van der Waals surface area contributed by atoms with Gasteiger partial charge in [0.1, 0.15) is 5.75 Å². The number of piperazine rings is 1. The van der Waals surface area contributed by atoms with Gasteiger partial charge in [-0.25, -0.2) is 0 Å². The van der Waals surface area contributed by atoms with E-state index in [1.165, 1.54) is 6.20 Å². The number of carbonyl (C=O) groups is 4. The first-order valence-electron chi connectivity index (χ1n) is 15.3. The zero-order chi connectivity index (χ0) is 33.2. The van der Waals surface area contributed by atoms with Crippen molar-refractivity contribution in [2.75, 3.05) is 43.5 Å². The van der Waals surface area contributed by atoms with E-state index in [4.69, 9.17) is 4.74 Å². The average molecular weight is 636 g/mol. The van der Waals surface area contributed by atoms with Gasteiger partial charge in [-0.2, -0.15) is 0 Å². The van der Waals surface area contributed by atoms with Crippen LogP contribution in [0.5, 0.6) is 5.75 Å². The quantitative estimate of drug-likeness (QED) is 0.211. The second kappa shape index (κ2) is 15.5. The van der Waals surface area contributed by atoms with Crippen molar-refractivity contribution in [2.24, 2.45) is 0 Å². The molecule has 0 radical (unpaired) electrons. The van der Waals surface area contributed by atoms with Crippen LogP contribution in [0, 0.1) is 0 Å². The Morgan fingerprint density at radius 3 is 2.26 bits per heavy atom. The molecule has 1 fully saturated rings. The fraction of sp³-hybridized carbons (Fsp3) is 0.250. The van der Waals surface area contributed by atoms with E-state index in [2.05, 4.69) is 20.5 Å². The molecule has 2 heterocycles. The number of rotatable bonds is 12. The minimum atomic E-state index is -1.07. The molecule has 0 aliphatic carbocycles. The van der Waals surface area contributed by atoms with Gasteiger partial charge < -0.3 is 30.3 Å². The number of hydrogen-bond donors (Lipinski definition) is 3. The summed E-state index contributed by atoms with van der Waals surface area (Å²) in [5.41, 5.74) is 3.73. The van der Waals surface area contributed by atoms with Gasteiger partial charge in [-0.05, 0) is 53.1 Å². The Morgan fingerprint density at radius 2 is 1.60 bits per heavy atom. The number of carbonyl (C=O) groups excluding carboxylic acids is 3. The zero-order valence-electron chi connectivity index (χ0n) is 26.1. The van der Waals surface area contributed by atoms with Gasteiger partial charge in [0.2, 0.25) is 11.8 Å². The predicted octanol–water partition coefficient (Wildman–Crippen LogP) is 4.11. The Labute approximate surface area is 273 Å². The number of aromatic nitrogens is 1. The van der Waals surface area contributed by atoms with E-state index in [9.17, 15) is 24.3 Å². The third-order valence-corrected chi connectivity index (χ3v) is 8.00. The molecule has 1 aromatic heterocycles. The Hall–Kier alpha value is -5.71. The number of amides is 3. The standard InChI is InChI=1S/C36H37N5O6/c1-47-29-12-9-26(10-13-29)20-33(42)38-31-22-27(36(46)39-30(23-35(44)45)28-8-5-15-37-24-28)11-14-32(31)40-16-18-41(19-17-40)34(43)21-25-6-3-2-4-7-25/h2-15,22,24,30H,16-21,23H2,1H3,(H,38,42)(H,39,46)(H,44,45). The normalized spacial score (nSPS) is 13.4. The fourth-order valence-electron chi connectivity index (χ4n) is 5.51.